The van der Waals surface area contributed by atoms with Crippen LogP contribution in [-0.4, -0.2) is 30.5 Å². The lowest BCUT2D eigenvalue weighted by Gasteiger charge is -2.08. The van der Waals surface area contributed by atoms with Crippen molar-refractivity contribution in [2.75, 3.05) is 17.2 Å². The van der Waals surface area contributed by atoms with Crippen molar-refractivity contribution in [2.24, 2.45) is 5.10 Å². The fraction of sp³-hybridized carbons (Fsp3) is 0.120. The molecule has 3 rings (SSSR count). The number of carbonyl (C=O) groups is 3. The molecular formula is C25H23FN4O4. The number of ether oxygens (including phenoxy) is 1. The third-order valence-electron chi connectivity index (χ3n) is 4.60. The number of rotatable bonds is 8. The van der Waals surface area contributed by atoms with Crippen LogP contribution >= 0.6 is 0 Å². The van der Waals surface area contributed by atoms with Gasteiger partial charge in [0.15, 0.2) is 6.61 Å². The summed E-state index contributed by atoms with van der Waals surface area (Å²) in [5.41, 5.74) is 4.45. The molecule has 0 spiro atoms. The molecule has 0 aliphatic rings. The fourth-order valence-electron chi connectivity index (χ4n) is 2.78. The molecule has 0 bridgehead atoms. The molecule has 0 aliphatic carbocycles. The molecule has 3 N–H and O–H groups in total. The standard InChI is InChI=1S/C25H23FN4O4/c1-2-17-7-11-19(12-8-17)28-23(31)16-34-20-13-9-18(10-14-20)15-27-30-25(33)24(32)29-22-6-4-3-5-21(22)26/h3-15H,2,16H2,1H3,(H,28,31)(H,29,32)(H,30,33)/b27-15-. The van der Waals surface area contributed by atoms with Crippen molar-refractivity contribution in [1.82, 2.24) is 5.43 Å². The maximum Gasteiger partial charge on any atom is 0.329 e. The second-order valence-corrected chi connectivity index (χ2v) is 7.09. The topological polar surface area (TPSA) is 109 Å². The van der Waals surface area contributed by atoms with E-state index in [1.54, 1.807) is 24.3 Å². The normalized spacial score (nSPS) is 10.5. The molecule has 0 saturated heterocycles. The Morgan fingerprint density at radius 3 is 2.29 bits per heavy atom. The molecule has 34 heavy (non-hydrogen) atoms. The molecule has 0 radical (unpaired) electrons. The molecule has 174 valence electrons. The summed E-state index contributed by atoms with van der Waals surface area (Å²) in [6.45, 7) is 1.90. The Labute approximate surface area is 195 Å². The fourth-order valence-corrected chi connectivity index (χ4v) is 2.78. The third-order valence-corrected chi connectivity index (χ3v) is 4.60. The first-order chi connectivity index (χ1) is 16.4. The van der Waals surface area contributed by atoms with Crippen molar-refractivity contribution in [3.63, 3.8) is 0 Å². The Balaban J connectivity index is 1.42. The second kappa shape index (κ2) is 11.9. The molecule has 0 fully saturated rings. The monoisotopic (exact) mass is 462 g/mol. The SMILES string of the molecule is CCc1ccc(NC(=O)COc2ccc(/C=N\NC(=O)C(=O)Nc3ccccc3F)cc2)cc1. The lowest BCUT2D eigenvalue weighted by Crippen LogP contribution is -2.32. The molecular weight excluding hydrogens is 439 g/mol. The van der Waals surface area contributed by atoms with Crippen LogP contribution < -0.4 is 20.8 Å². The van der Waals surface area contributed by atoms with Crippen molar-refractivity contribution in [3.8, 4) is 5.75 Å². The number of nitrogens with one attached hydrogen (secondary N) is 3. The van der Waals surface area contributed by atoms with E-state index in [0.29, 0.717) is 17.0 Å². The summed E-state index contributed by atoms with van der Waals surface area (Å²) in [5, 5.41) is 8.63. The van der Waals surface area contributed by atoms with Gasteiger partial charge in [0, 0.05) is 5.69 Å². The first kappa shape index (κ1) is 24.1. The number of hydrogen-bond acceptors (Lipinski definition) is 5. The largest absolute Gasteiger partial charge is 0.484 e. The minimum atomic E-state index is -1.05. The van der Waals surface area contributed by atoms with Crippen molar-refractivity contribution < 1.29 is 23.5 Å². The number of carbonyl (C=O) groups excluding carboxylic acids is 3. The van der Waals surface area contributed by atoms with Crippen LogP contribution in [0.4, 0.5) is 15.8 Å². The van der Waals surface area contributed by atoms with Crippen LogP contribution in [0.15, 0.2) is 77.9 Å². The number of nitrogens with zero attached hydrogens (tertiary/aromatic N) is 1. The van der Waals surface area contributed by atoms with Gasteiger partial charge in [-0.2, -0.15) is 5.10 Å². The predicted octanol–water partition coefficient (Wildman–Crippen LogP) is 3.49. The van der Waals surface area contributed by atoms with Gasteiger partial charge in [-0.1, -0.05) is 31.2 Å². The summed E-state index contributed by atoms with van der Waals surface area (Å²) in [6.07, 6.45) is 2.25. The summed E-state index contributed by atoms with van der Waals surface area (Å²) in [5.74, 6) is -2.56. The van der Waals surface area contributed by atoms with E-state index in [9.17, 15) is 18.8 Å². The predicted molar refractivity (Wildman–Crippen MR) is 127 cm³/mol. The van der Waals surface area contributed by atoms with Gasteiger partial charge in [-0.3, -0.25) is 14.4 Å². The molecule has 0 unspecified atom stereocenters. The van der Waals surface area contributed by atoms with Crippen molar-refractivity contribution >= 4 is 35.3 Å². The van der Waals surface area contributed by atoms with Crippen LogP contribution in [0.25, 0.3) is 0 Å². The van der Waals surface area contributed by atoms with E-state index in [1.807, 2.05) is 24.3 Å². The highest BCUT2D eigenvalue weighted by Gasteiger charge is 2.14. The summed E-state index contributed by atoms with van der Waals surface area (Å²) in [7, 11) is 0. The van der Waals surface area contributed by atoms with Gasteiger partial charge in [-0.05, 0) is 66.1 Å². The molecule has 0 aromatic heterocycles. The number of anilines is 2. The van der Waals surface area contributed by atoms with E-state index in [-0.39, 0.29) is 18.2 Å². The van der Waals surface area contributed by atoms with Crippen molar-refractivity contribution in [2.45, 2.75) is 13.3 Å². The zero-order valence-corrected chi connectivity index (χ0v) is 18.4. The molecule has 3 aromatic carbocycles. The lowest BCUT2D eigenvalue weighted by molar-refractivity contribution is -0.136. The van der Waals surface area contributed by atoms with Gasteiger partial charge >= 0.3 is 11.8 Å². The van der Waals surface area contributed by atoms with Gasteiger partial charge in [0.25, 0.3) is 5.91 Å². The van der Waals surface area contributed by atoms with Crippen LogP contribution in [-0.2, 0) is 20.8 Å². The van der Waals surface area contributed by atoms with Gasteiger partial charge in [-0.15, -0.1) is 0 Å². The first-order valence-electron chi connectivity index (χ1n) is 10.4. The van der Waals surface area contributed by atoms with E-state index in [2.05, 4.69) is 28.1 Å². The van der Waals surface area contributed by atoms with Crippen LogP contribution in [0.5, 0.6) is 5.75 Å². The quantitative estimate of drug-likeness (QED) is 0.270. The number of halogens is 1. The summed E-state index contributed by atoms with van der Waals surface area (Å²) in [4.78, 5) is 35.7. The maximum absolute atomic E-state index is 13.5. The zero-order chi connectivity index (χ0) is 24.3. The van der Waals surface area contributed by atoms with Crippen LogP contribution in [0, 0.1) is 5.82 Å². The van der Waals surface area contributed by atoms with E-state index in [1.165, 1.54) is 30.0 Å². The molecule has 0 heterocycles. The molecule has 3 aromatic rings. The summed E-state index contributed by atoms with van der Waals surface area (Å²) >= 11 is 0. The second-order valence-electron chi connectivity index (χ2n) is 7.09. The number of aryl methyl sites for hydroxylation is 1. The smallest absolute Gasteiger partial charge is 0.329 e. The average molecular weight is 462 g/mol. The van der Waals surface area contributed by atoms with Crippen molar-refractivity contribution in [3.05, 3.63) is 89.7 Å². The zero-order valence-electron chi connectivity index (χ0n) is 18.4. The van der Waals surface area contributed by atoms with Crippen LogP contribution in [0.3, 0.4) is 0 Å². The Kier molecular flexibility index (Phi) is 8.45. The highest BCUT2D eigenvalue weighted by atomic mass is 19.1. The minimum Gasteiger partial charge on any atom is -0.484 e. The Hall–Kier alpha value is -4.53. The molecule has 0 aliphatic heterocycles. The minimum absolute atomic E-state index is 0.106. The number of hydrazone groups is 1. The van der Waals surface area contributed by atoms with E-state index >= 15 is 0 Å². The summed E-state index contributed by atoms with van der Waals surface area (Å²) < 4.78 is 19.0. The summed E-state index contributed by atoms with van der Waals surface area (Å²) in [6, 6.07) is 19.7. The number of amides is 3. The van der Waals surface area contributed by atoms with Crippen LogP contribution in [0.2, 0.25) is 0 Å². The van der Waals surface area contributed by atoms with Gasteiger partial charge in [0.2, 0.25) is 0 Å². The lowest BCUT2D eigenvalue weighted by atomic mass is 10.1. The van der Waals surface area contributed by atoms with E-state index in [0.717, 1.165) is 12.5 Å². The molecule has 3 amide bonds. The number of hydrogen-bond donors (Lipinski definition) is 3. The molecule has 0 saturated carbocycles. The Bertz CT molecular complexity index is 1180. The van der Waals surface area contributed by atoms with Gasteiger partial charge in [0.05, 0.1) is 11.9 Å². The Morgan fingerprint density at radius 2 is 1.62 bits per heavy atom. The van der Waals surface area contributed by atoms with Gasteiger partial charge in [0.1, 0.15) is 11.6 Å². The van der Waals surface area contributed by atoms with Crippen molar-refractivity contribution in [1.29, 1.82) is 0 Å². The van der Waals surface area contributed by atoms with Crippen LogP contribution in [0.1, 0.15) is 18.1 Å². The molecule has 0 atom stereocenters. The van der Waals surface area contributed by atoms with E-state index < -0.39 is 17.6 Å². The third kappa shape index (κ3) is 7.27. The maximum atomic E-state index is 13.5. The average Bonchev–Trinajstić information content (AvgIpc) is 2.85. The number of benzene rings is 3. The molecule has 8 nitrogen and oxygen atoms in total. The van der Waals surface area contributed by atoms with Gasteiger partial charge < -0.3 is 15.4 Å². The van der Waals surface area contributed by atoms with Gasteiger partial charge in [-0.25, -0.2) is 9.82 Å². The van der Waals surface area contributed by atoms with E-state index in [4.69, 9.17) is 4.74 Å². The first-order valence-corrected chi connectivity index (χ1v) is 10.4. The highest BCUT2D eigenvalue weighted by Crippen LogP contribution is 2.13. The Morgan fingerprint density at radius 1 is 0.912 bits per heavy atom. The molecule has 9 heteroatoms. The number of para-hydroxylation sites is 1. The highest BCUT2D eigenvalue weighted by molar-refractivity contribution is 6.39.